The molecule has 1 fully saturated rings. The van der Waals surface area contributed by atoms with Crippen molar-refractivity contribution in [3.8, 4) is 0 Å². The Morgan fingerprint density at radius 2 is 1.84 bits per heavy atom. The monoisotopic (exact) mass is 274 g/mol. The van der Waals surface area contributed by atoms with E-state index in [0.29, 0.717) is 0 Å². The Balaban J connectivity index is 2.76. The highest BCUT2D eigenvalue weighted by atomic mass is 16.6. The van der Waals surface area contributed by atoms with Crippen LogP contribution in [0.2, 0.25) is 0 Å². The molecule has 108 valence electrons. The lowest BCUT2D eigenvalue weighted by atomic mass is 10.2. The van der Waals surface area contributed by atoms with Gasteiger partial charge < -0.3 is 20.3 Å². The third-order valence-electron chi connectivity index (χ3n) is 2.54. The molecule has 0 aromatic carbocycles. The molecule has 1 aliphatic heterocycles. The lowest BCUT2D eigenvalue weighted by molar-refractivity contribution is -0.142. The van der Waals surface area contributed by atoms with E-state index in [-0.39, 0.29) is 13.0 Å². The topological polar surface area (TPSA) is 116 Å². The molecule has 8 nitrogen and oxygen atoms in total. The van der Waals surface area contributed by atoms with Crippen molar-refractivity contribution in [1.29, 1.82) is 0 Å². The van der Waals surface area contributed by atoms with E-state index in [1.165, 1.54) is 0 Å². The fourth-order valence-electron chi connectivity index (χ4n) is 1.87. The molecule has 3 N–H and O–H groups in total. The first-order chi connectivity index (χ1) is 8.60. The molecule has 0 saturated carbocycles. The molecule has 2 atom stereocenters. The van der Waals surface area contributed by atoms with Gasteiger partial charge in [0.25, 0.3) is 0 Å². The van der Waals surface area contributed by atoms with Gasteiger partial charge in [-0.05, 0) is 20.8 Å². The van der Waals surface area contributed by atoms with Crippen LogP contribution in [0, 0.1) is 0 Å². The van der Waals surface area contributed by atoms with Crippen LogP contribution in [-0.4, -0.2) is 57.5 Å². The normalized spacial score (nSPS) is 23.0. The largest absolute Gasteiger partial charge is 0.480 e. The molecule has 19 heavy (non-hydrogen) atoms. The maximum Gasteiger partial charge on any atom is 0.411 e. The third kappa shape index (κ3) is 4.31. The Morgan fingerprint density at radius 1 is 1.26 bits per heavy atom. The third-order valence-corrected chi connectivity index (χ3v) is 2.54. The van der Waals surface area contributed by atoms with Crippen LogP contribution in [0.15, 0.2) is 0 Å². The van der Waals surface area contributed by atoms with E-state index in [4.69, 9.17) is 14.9 Å². The highest BCUT2D eigenvalue weighted by Gasteiger charge is 2.42. The van der Waals surface area contributed by atoms with Gasteiger partial charge in [0, 0.05) is 13.0 Å². The predicted octanol–water partition coefficient (Wildman–Crippen LogP) is 0.717. The standard InChI is InChI=1S/C11H18N2O6/c1-11(2,3)19-10(18)13-5-6(12-9(16)17)4-7(13)8(14)15/h6-7,12H,4-5H2,1-3H3,(H,14,15)(H,16,17). The van der Waals surface area contributed by atoms with Gasteiger partial charge in [-0.2, -0.15) is 0 Å². The summed E-state index contributed by atoms with van der Waals surface area (Å²) in [6.07, 6.45) is -1.98. The Hall–Kier alpha value is -1.99. The molecule has 1 saturated heterocycles. The molecule has 0 spiro atoms. The summed E-state index contributed by atoms with van der Waals surface area (Å²) in [4.78, 5) is 34.5. The van der Waals surface area contributed by atoms with Crippen LogP contribution in [0.3, 0.4) is 0 Å². The lowest BCUT2D eigenvalue weighted by Crippen LogP contribution is -2.44. The number of carbonyl (C=O) groups is 3. The van der Waals surface area contributed by atoms with Gasteiger partial charge in [-0.3, -0.25) is 4.90 Å². The number of hydrogen-bond donors (Lipinski definition) is 3. The molecule has 0 aliphatic carbocycles. The second-order valence-electron chi connectivity index (χ2n) is 5.37. The molecule has 8 heteroatoms. The van der Waals surface area contributed by atoms with Crippen molar-refractivity contribution in [2.45, 2.75) is 44.9 Å². The van der Waals surface area contributed by atoms with E-state index in [1.807, 2.05) is 0 Å². The van der Waals surface area contributed by atoms with E-state index < -0.39 is 35.8 Å². The maximum absolute atomic E-state index is 11.9. The van der Waals surface area contributed by atoms with Crippen LogP contribution >= 0.6 is 0 Å². The van der Waals surface area contributed by atoms with E-state index in [2.05, 4.69) is 5.32 Å². The van der Waals surface area contributed by atoms with Crippen molar-refractivity contribution in [2.24, 2.45) is 0 Å². The fourth-order valence-corrected chi connectivity index (χ4v) is 1.87. The summed E-state index contributed by atoms with van der Waals surface area (Å²) in [5.74, 6) is -1.18. The molecule has 0 aromatic rings. The van der Waals surface area contributed by atoms with Crippen LogP contribution in [-0.2, 0) is 9.53 Å². The lowest BCUT2D eigenvalue weighted by Gasteiger charge is -2.26. The highest BCUT2D eigenvalue weighted by molar-refractivity contribution is 5.81. The predicted molar refractivity (Wildman–Crippen MR) is 63.9 cm³/mol. The first kappa shape index (κ1) is 15.1. The quantitative estimate of drug-likeness (QED) is 0.683. The Kier molecular flexibility index (Phi) is 4.23. The summed E-state index contributed by atoms with van der Waals surface area (Å²) in [5.41, 5.74) is -0.738. The van der Waals surface area contributed by atoms with Gasteiger partial charge in [0.2, 0.25) is 0 Å². The summed E-state index contributed by atoms with van der Waals surface area (Å²) >= 11 is 0. The minimum Gasteiger partial charge on any atom is -0.480 e. The smallest absolute Gasteiger partial charge is 0.411 e. The number of carbonyl (C=O) groups excluding carboxylic acids is 1. The van der Waals surface area contributed by atoms with Gasteiger partial charge in [0.05, 0.1) is 6.04 Å². The molecule has 0 aromatic heterocycles. The van der Waals surface area contributed by atoms with E-state index in [1.54, 1.807) is 20.8 Å². The first-order valence-corrected chi connectivity index (χ1v) is 5.82. The van der Waals surface area contributed by atoms with Crippen molar-refractivity contribution in [3.05, 3.63) is 0 Å². The number of nitrogens with one attached hydrogen (secondary N) is 1. The molecule has 0 radical (unpaired) electrons. The number of likely N-dealkylation sites (tertiary alicyclic amines) is 1. The summed E-state index contributed by atoms with van der Waals surface area (Å²) in [6.45, 7) is 5.00. The molecule has 2 unspecified atom stereocenters. The van der Waals surface area contributed by atoms with Crippen LogP contribution in [0.5, 0.6) is 0 Å². The number of amides is 2. The summed E-state index contributed by atoms with van der Waals surface area (Å²) in [5, 5.41) is 19.9. The number of rotatable bonds is 2. The number of nitrogens with zero attached hydrogens (tertiary/aromatic N) is 1. The average molecular weight is 274 g/mol. The number of hydrogen-bond acceptors (Lipinski definition) is 4. The molecular weight excluding hydrogens is 256 g/mol. The minimum atomic E-state index is -1.25. The zero-order valence-electron chi connectivity index (χ0n) is 11.0. The molecule has 0 bridgehead atoms. The van der Waals surface area contributed by atoms with Crippen molar-refractivity contribution in [3.63, 3.8) is 0 Å². The molecule has 1 aliphatic rings. The second kappa shape index (κ2) is 5.33. The fraction of sp³-hybridized carbons (Fsp3) is 0.727. The highest BCUT2D eigenvalue weighted by Crippen LogP contribution is 2.21. The summed E-state index contributed by atoms with van der Waals surface area (Å²) < 4.78 is 5.10. The van der Waals surface area contributed by atoms with Crippen molar-refractivity contribution >= 4 is 18.2 Å². The van der Waals surface area contributed by atoms with Crippen molar-refractivity contribution in [1.82, 2.24) is 10.2 Å². The maximum atomic E-state index is 11.9. The number of ether oxygens (including phenoxy) is 1. The minimum absolute atomic E-state index is 0.0157. The van der Waals surface area contributed by atoms with E-state index in [9.17, 15) is 14.4 Å². The van der Waals surface area contributed by atoms with Crippen molar-refractivity contribution in [2.75, 3.05) is 6.54 Å². The second-order valence-corrected chi connectivity index (χ2v) is 5.37. The van der Waals surface area contributed by atoms with Crippen LogP contribution in [0.25, 0.3) is 0 Å². The Bertz CT molecular complexity index is 389. The van der Waals surface area contributed by atoms with Gasteiger partial charge in [0.15, 0.2) is 0 Å². The molecule has 1 rings (SSSR count). The first-order valence-electron chi connectivity index (χ1n) is 5.82. The van der Waals surface area contributed by atoms with Gasteiger partial charge in [-0.25, -0.2) is 14.4 Å². The average Bonchev–Trinajstić information content (AvgIpc) is 2.57. The molecular formula is C11H18N2O6. The van der Waals surface area contributed by atoms with Gasteiger partial charge >= 0.3 is 18.2 Å². The van der Waals surface area contributed by atoms with Crippen LogP contribution in [0.4, 0.5) is 9.59 Å². The van der Waals surface area contributed by atoms with Gasteiger partial charge in [-0.1, -0.05) is 0 Å². The Morgan fingerprint density at radius 3 is 2.26 bits per heavy atom. The number of aliphatic carboxylic acids is 1. The van der Waals surface area contributed by atoms with E-state index in [0.717, 1.165) is 4.90 Å². The number of carboxylic acids is 1. The zero-order valence-corrected chi connectivity index (χ0v) is 11.0. The van der Waals surface area contributed by atoms with Crippen molar-refractivity contribution < 1.29 is 29.3 Å². The number of carboxylic acid groups (broad SMARTS) is 2. The SMILES string of the molecule is CC(C)(C)OC(=O)N1CC(NC(=O)O)CC1C(=O)O. The summed E-state index contributed by atoms with van der Waals surface area (Å²) in [6, 6.07) is -1.68. The van der Waals surface area contributed by atoms with Crippen LogP contribution < -0.4 is 5.32 Å². The van der Waals surface area contributed by atoms with Gasteiger partial charge in [0.1, 0.15) is 11.6 Å². The molecule has 2 amide bonds. The van der Waals surface area contributed by atoms with E-state index >= 15 is 0 Å². The Labute approximate surface area is 110 Å². The van der Waals surface area contributed by atoms with Gasteiger partial charge in [-0.15, -0.1) is 0 Å². The zero-order chi connectivity index (χ0) is 14.8. The van der Waals surface area contributed by atoms with Crippen LogP contribution in [0.1, 0.15) is 27.2 Å². The summed E-state index contributed by atoms with van der Waals surface area (Å²) in [7, 11) is 0. The molecule has 1 heterocycles.